The lowest BCUT2D eigenvalue weighted by atomic mass is 10.2. The Hall–Kier alpha value is 0.0169. The molecule has 0 rings (SSSR count). The lowest BCUT2D eigenvalue weighted by molar-refractivity contribution is 0.0663. The van der Waals surface area contributed by atoms with Gasteiger partial charge in [0.2, 0.25) is 0 Å². The van der Waals surface area contributed by atoms with Gasteiger partial charge >= 0.3 is 8.80 Å². The predicted molar refractivity (Wildman–Crippen MR) is 71.7 cm³/mol. The minimum atomic E-state index is -2.51. The Morgan fingerprint density at radius 2 is 1.47 bits per heavy atom. The first-order valence-electron chi connectivity index (χ1n) is 6.56. The first-order valence-corrected chi connectivity index (χ1v) is 8.49. The van der Waals surface area contributed by atoms with E-state index < -0.39 is 8.80 Å². The van der Waals surface area contributed by atoms with Crippen molar-refractivity contribution in [3.8, 4) is 0 Å². The molecule has 0 aliphatic heterocycles. The molecule has 104 valence electrons. The molecule has 0 saturated heterocycles. The fourth-order valence-corrected chi connectivity index (χ4v) is 3.98. The van der Waals surface area contributed by atoms with Crippen LogP contribution in [0, 0.1) is 0 Å². The van der Waals surface area contributed by atoms with E-state index in [0.29, 0.717) is 32.4 Å². The van der Waals surface area contributed by atoms with Gasteiger partial charge in [0.1, 0.15) is 0 Å². The van der Waals surface area contributed by atoms with E-state index in [0.717, 1.165) is 25.8 Å². The van der Waals surface area contributed by atoms with Gasteiger partial charge in [-0.05, 0) is 46.2 Å². The smallest absolute Gasteiger partial charge is 0.374 e. The second-order valence-corrected chi connectivity index (χ2v) is 6.52. The van der Waals surface area contributed by atoms with E-state index in [2.05, 4.69) is 0 Å². The summed E-state index contributed by atoms with van der Waals surface area (Å²) in [7, 11) is -2.51. The van der Waals surface area contributed by atoms with Gasteiger partial charge < -0.3 is 24.7 Å². The summed E-state index contributed by atoms with van der Waals surface area (Å²) in [6.45, 7) is 7.07. The molecule has 0 atom stereocenters. The van der Waals surface area contributed by atoms with Crippen LogP contribution in [-0.2, 0) is 13.3 Å². The third-order valence-corrected chi connectivity index (χ3v) is 5.35. The van der Waals surface area contributed by atoms with Crippen LogP contribution in [0.1, 0.15) is 33.1 Å². The van der Waals surface area contributed by atoms with Crippen LogP contribution in [0.4, 0.5) is 0 Å². The average molecular weight is 264 g/mol. The second-order valence-electron chi connectivity index (χ2n) is 3.79. The molecule has 0 aromatic rings. The Morgan fingerprint density at radius 1 is 0.824 bits per heavy atom. The normalized spacial score (nSPS) is 12.0. The van der Waals surface area contributed by atoms with Gasteiger partial charge in [0.05, 0.1) is 0 Å². The second kappa shape index (κ2) is 11.1. The minimum Gasteiger partial charge on any atom is -0.374 e. The van der Waals surface area contributed by atoms with Gasteiger partial charge in [0.25, 0.3) is 0 Å². The highest BCUT2D eigenvalue weighted by Gasteiger charge is 2.39. The number of hydrogen-bond acceptors (Lipinski definition) is 5. The maximum atomic E-state index is 5.87. The zero-order valence-corrected chi connectivity index (χ0v) is 12.2. The van der Waals surface area contributed by atoms with Crippen LogP contribution in [0.15, 0.2) is 0 Å². The summed E-state index contributed by atoms with van der Waals surface area (Å²) in [5.41, 5.74) is 11.0. The lowest BCUT2D eigenvalue weighted by Crippen LogP contribution is -2.47. The molecular formula is C11H28N2O3Si. The number of hydrogen-bond donors (Lipinski definition) is 2. The zero-order valence-electron chi connectivity index (χ0n) is 11.2. The molecule has 4 N–H and O–H groups in total. The molecule has 5 nitrogen and oxygen atoms in total. The summed E-state index contributed by atoms with van der Waals surface area (Å²) in [6.07, 6.45) is 3.12. The Labute approximate surface area is 106 Å². The van der Waals surface area contributed by atoms with E-state index in [4.69, 9.17) is 24.7 Å². The van der Waals surface area contributed by atoms with Gasteiger partial charge in [0.15, 0.2) is 0 Å². The molecule has 0 aliphatic carbocycles. The molecule has 6 heteroatoms. The number of rotatable bonds is 12. The first-order chi connectivity index (χ1) is 8.24. The van der Waals surface area contributed by atoms with E-state index in [1.54, 1.807) is 0 Å². The molecule has 0 heterocycles. The van der Waals surface area contributed by atoms with Crippen LogP contribution in [-0.4, -0.2) is 41.7 Å². The zero-order chi connectivity index (χ0) is 13.0. The highest BCUT2D eigenvalue weighted by atomic mass is 28.4. The summed E-state index contributed by atoms with van der Waals surface area (Å²) in [5.74, 6) is 0. The van der Waals surface area contributed by atoms with Gasteiger partial charge in [-0.15, -0.1) is 0 Å². The van der Waals surface area contributed by atoms with Crippen molar-refractivity contribution in [1.82, 2.24) is 0 Å². The maximum Gasteiger partial charge on any atom is 0.502 e. The van der Waals surface area contributed by atoms with Gasteiger partial charge in [-0.1, -0.05) is 0 Å². The Morgan fingerprint density at radius 3 is 1.94 bits per heavy atom. The third-order valence-electron chi connectivity index (χ3n) is 2.35. The Kier molecular flexibility index (Phi) is 11.1. The molecule has 0 bridgehead atoms. The van der Waals surface area contributed by atoms with Crippen LogP contribution >= 0.6 is 0 Å². The van der Waals surface area contributed by atoms with Crippen molar-refractivity contribution in [2.45, 2.75) is 39.2 Å². The van der Waals surface area contributed by atoms with Crippen LogP contribution in [0.5, 0.6) is 0 Å². The highest BCUT2D eigenvalue weighted by Crippen LogP contribution is 2.15. The summed E-state index contributed by atoms with van der Waals surface area (Å²) in [5, 5.41) is 0. The average Bonchev–Trinajstić information content (AvgIpc) is 2.30. The van der Waals surface area contributed by atoms with Gasteiger partial charge in [-0.3, -0.25) is 0 Å². The van der Waals surface area contributed by atoms with E-state index in [-0.39, 0.29) is 0 Å². The third kappa shape index (κ3) is 7.85. The van der Waals surface area contributed by atoms with Crippen molar-refractivity contribution in [2.75, 3.05) is 32.9 Å². The highest BCUT2D eigenvalue weighted by molar-refractivity contribution is 6.60. The summed E-state index contributed by atoms with van der Waals surface area (Å²) >= 11 is 0. The SMILES string of the molecule is CCO[Si](CCN)(OCC)OCCCCCN. The van der Waals surface area contributed by atoms with E-state index >= 15 is 0 Å². The van der Waals surface area contributed by atoms with Crippen LogP contribution < -0.4 is 11.5 Å². The predicted octanol–water partition coefficient (Wildman–Crippen LogP) is 1.10. The van der Waals surface area contributed by atoms with Crippen LogP contribution in [0.3, 0.4) is 0 Å². The monoisotopic (exact) mass is 264 g/mol. The van der Waals surface area contributed by atoms with Crippen molar-refractivity contribution < 1.29 is 13.3 Å². The standard InChI is InChI=1S/C11H28N2O3Si/c1-3-14-17(11-9-13,15-4-2)16-10-7-5-6-8-12/h3-13H2,1-2H3. The summed E-state index contributed by atoms with van der Waals surface area (Å²) in [4.78, 5) is 0. The number of nitrogens with two attached hydrogens (primary N) is 2. The summed E-state index contributed by atoms with van der Waals surface area (Å²) in [6, 6.07) is 0.686. The van der Waals surface area contributed by atoms with Crippen molar-refractivity contribution in [2.24, 2.45) is 11.5 Å². The van der Waals surface area contributed by atoms with E-state index in [1.165, 1.54) is 0 Å². The molecule has 17 heavy (non-hydrogen) atoms. The minimum absolute atomic E-state index is 0.537. The van der Waals surface area contributed by atoms with E-state index in [1.807, 2.05) is 13.8 Å². The fourth-order valence-electron chi connectivity index (χ4n) is 1.61. The molecule has 0 fully saturated rings. The molecule has 0 unspecified atom stereocenters. The van der Waals surface area contributed by atoms with Crippen molar-refractivity contribution in [3.63, 3.8) is 0 Å². The topological polar surface area (TPSA) is 79.7 Å². The molecule has 0 aliphatic rings. The van der Waals surface area contributed by atoms with Gasteiger partial charge in [0, 0.05) is 25.9 Å². The molecule has 0 aromatic carbocycles. The molecular weight excluding hydrogens is 236 g/mol. The Balaban J connectivity index is 4.05. The van der Waals surface area contributed by atoms with Gasteiger partial charge in [-0.2, -0.15) is 0 Å². The number of unbranched alkanes of at least 4 members (excludes halogenated alkanes) is 2. The largest absolute Gasteiger partial charge is 0.502 e. The lowest BCUT2D eigenvalue weighted by Gasteiger charge is -2.28. The maximum absolute atomic E-state index is 5.87. The van der Waals surface area contributed by atoms with E-state index in [9.17, 15) is 0 Å². The van der Waals surface area contributed by atoms with Crippen molar-refractivity contribution >= 4 is 8.80 Å². The quantitative estimate of drug-likeness (QED) is 0.407. The van der Waals surface area contributed by atoms with Crippen LogP contribution in [0.25, 0.3) is 0 Å². The molecule has 0 amide bonds. The summed E-state index contributed by atoms with van der Waals surface area (Å²) < 4.78 is 17.3. The molecule has 0 radical (unpaired) electrons. The molecule has 0 aromatic heterocycles. The first kappa shape index (κ1) is 17.0. The fraction of sp³-hybridized carbons (Fsp3) is 1.00. The Bertz CT molecular complexity index is 156. The molecule has 0 spiro atoms. The van der Waals surface area contributed by atoms with Crippen LogP contribution in [0.2, 0.25) is 6.04 Å². The van der Waals surface area contributed by atoms with Gasteiger partial charge in [-0.25, -0.2) is 0 Å². The van der Waals surface area contributed by atoms with Crippen molar-refractivity contribution in [3.05, 3.63) is 0 Å². The van der Waals surface area contributed by atoms with Crippen molar-refractivity contribution in [1.29, 1.82) is 0 Å². The molecule has 0 saturated carbocycles.